The molecule has 0 aliphatic carbocycles. The molecule has 0 bridgehead atoms. The first kappa shape index (κ1) is 12.4. The summed E-state index contributed by atoms with van der Waals surface area (Å²) >= 11 is 0. The van der Waals surface area contributed by atoms with E-state index in [1.54, 1.807) is 0 Å². The average Bonchev–Trinajstić information content (AvgIpc) is 2.30. The molecule has 2 aromatic carbocycles. The molecule has 0 fully saturated rings. The van der Waals surface area contributed by atoms with E-state index >= 15 is 0 Å². The van der Waals surface area contributed by atoms with Gasteiger partial charge in [0.25, 0.3) is 0 Å². The van der Waals surface area contributed by atoms with Crippen molar-refractivity contribution in [3.63, 3.8) is 0 Å². The Labute approximate surface area is 107 Å². The van der Waals surface area contributed by atoms with E-state index in [4.69, 9.17) is 5.11 Å². The Hall–Kier alpha value is -2.09. The SMILES string of the molecule is Cc1ccc(-c2ccc(CC(=O)O)cc2)c(C)c1. The van der Waals surface area contributed by atoms with Crippen molar-refractivity contribution in [2.45, 2.75) is 20.3 Å². The van der Waals surface area contributed by atoms with E-state index in [0.29, 0.717) is 0 Å². The van der Waals surface area contributed by atoms with Crippen molar-refractivity contribution in [1.82, 2.24) is 0 Å². The Balaban J connectivity index is 2.31. The fourth-order valence-corrected chi connectivity index (χ4v) is 2.11. The number of carbonyl (C=O) groups is 1. The number of rotatable bonds is 3. The summed E-state index contributed by atoms with van der Waals surface area (Å²) in [5.41, 5.74) is 5.64. The summed E-state index contributed by atoms with van der Waals surface area (Å²) in [5.74, 6) is -0.797. The molecule has 0 saturated carbocycles. The summed E-state index contributed by atoms with van der Waals surface area (Å²) in [4.78, 5) is 10.6. The molecule has 0 saturated heterocycles. The molecular weight excluding hydrogens is 224 g/mol. The van der Waals surface area contributed by atoms with Crippen LogP contribution < -0.4 is 0 Å². The van der Waals surface area contributed by atoms with Gasteiger partial charge in [0.05, 0.1) is 6.42 Å². The summed E-state index contributed by atoms with van der Waals surface area (Å²) in [6.07, 6.45) is 0.0765. The van der Waals surface area contributed by atoms with Crippen LogP contribution in [0.15, 0.2) is 42.5 Å². The van der Waals surface area contributed by atoms with E-state index in [1.807, 2.05) is 24.3 Å². The highest BCUT2D eigenvalue weighted by Gasteiger charge is 2.04. The van der Waals surface area contributed by atoms with Gasteiger partial charge in [-0.05, 0) is 36.1 Å². The monoisotopic (exact) mass is 240 g/mol. The lowest BCUT2D eigenvalue weighted by molar-refractivity contribution is -0.136. The minimum atomic E-state index is -0.797. The normalized spacial score (nSPS) is 10.3. The molecule has 0 aliphatic rings. The van der Waals surface area contributed by atoms with Crippen LogP contribution in [-0.4, -0.2) is 11.1 Å². The highest BCUT2D eigenvalue weighted by atomic mass is 16.4. The minimum absolute atomic E-state index is 0.0765. The molecule has 2 aromatic rings. The third-order valence-electron chi connectivity index (χ3n) is 3.00. The van der Waals surface area contributed by atoms with Gasteiger partial charge in [-0.1, -0.05) is 48.0 Å². The predicted molar refractivity (Wildman–Crippen MR) is 72.7 cm³/mol. The Morgan fingerprint density at radius 3 is 2.28 bits per heavy atom. The zero-order valence-corrected chi connectivity index (χ0v) is 10.6. The number of carboxylic acid groups (broad SMARTS) is 1. The fourth-order valence-electron chi connectivity index (χ4n) is 2.11. The van der Waals surface area contributed by atoms with Gasteiger partial charge in [0, 0.05) is 0 Å². The lowest BCUT2D eigenvalue weighted by atomic mass is 9.97. The molecule has 0 aromatic heterocycles. The quantitative estimate of drug-likeness (QED) is 0.890. The molecule has 0 aliphatic heterocycles. The Kier molecular flexibility index (Phi) is 3.47. The third-order valence-corrected chi connectivity index (χ3v) is 3.00. The maximum absolute atomic E-state index is 10.6. The second-order valence-electron chi connectivity index (χ2n) is 4.59. The van der Waals surface area contributed by atoms with Gasteiger partial charge >= 0.3 is 5.97 Å². The number of hydrogen-bond donors (Lipinski definition) is 1. The second-order valence-corrected chi connectivity index (χ2v) is 4.59. The van der Waals surface area contributed by atoms with Crippen LogP contribution in [-0.2, 0) is 11.2 Å². The van der Waals surface area contributed by atoms with Crippen LogP contribution in [0.5, 0.6) is 0 Å². The van der Waals surface area contributed by atoms with Gasteiger partial charge in [0.15, 0.2) is 0 Å². The molecule has 2 rings (SSSR count). The van der Waals surface area contributed by atoms with E-state index in [9.17, 15) is 4.79 Å². The second kappa shape index (κ2) is 5.05. The van der Waals surface area contributed by atoms with Crippen LogP contribution in [0.25, 0.3) is 11.1 Å². The summed E-state index contributed by atoms with van der Waals surface area (Å²) in [6.45, 7) is 4.17. The van der Waals surface area contributed by atoms with Gasteiger partial charge in [-0.2, -0.15) is 0 Å². The van der Waals surface area contributed by atoms with Gasteiger partial charge in [-0.3, -0.25) is 4.79 Å². The van der Waals surface area contributed by atoms with Crippen molar-refractivity contribution in [3.8, 4) is 11.1 Å². The van der Waals surface area contributed by atoms with Crippen molar-refractivity contribution < 1.29 is 9.90 Å². The molecule has 0 amide bonds. The smallest absolute Gasteiger partial charge is 0.307 e. The largest absolute Gasteiger partial charge is 0.481 e. The highest BCUT2D eigenvalue weighted by Crippen LogP contribution is 2.24. The molecule has 1 N–H and O–H groups in total. The number of aryl methyl sites for hydroxylation is 2. The highest BCUT2D eigenvalue weighted by molar-refractivity contribution is 5.72. The molecule has 0 atom stereocenters. The number of benzene rings is 2. The van der Waals surface area contributed by atoms with E-state index in [-0.39, 0.29) is 6.42 Å². The van der Waals surface area contributed by atoms with Crippen molar-refractivity contribution in [2.75, 3.05) is 0 Å². The Morgan fingerprint density at radius 2 is 1.72 bits per heavy atom. The van der Waals surface area contributed by atoms with Gasteiger partial charge in [-0.15, -0.1) is 0 Å². The molecule has 0 spiro atoms. The Morgan fingerprint density at radius 1 is 1.06 bits per heavy atom. The van der Waals surface area contributed by atoms with Crippen molar-refractivity contribution in [1.29, 1.82) is 0 Å². The van der Waals surface area contributed by atoms with E-state index in [1.165, 1.54) is 16.7 Å². The van der Waals surface area contributed by atoms with Gasteiger partial charge in [0.1, 0.15) is 0 Å². The van der Waals surface area contributed by atoms with E-state index < -0.39 is 5.97 Å². The van der Waals surface area contributed by atoms with Crippen LogP contribution in [0.1, 0.15) is 16.7 Å². The first-order valence-corrected chi connectivity index (χ1v) is 5.94. The number of aliphatic carboxylic acids is 1. The van der Waals surface area contributed by atoms with Crippen LogP contribution in [0.3, 0.4) is 0 Å². The third kappa shape index (κ3) is 2.77. The summed E-state index contributed by atoms with van der Waals surface area (Å²) in [6, 6.07) is 14.1. The zero-order valence-electron chi connectivity index (χ0n) is 10.6. The van der Waals surface area contributed by atoms with Crippen LogP contribution >= 0.6 is 0 Å². The topological polar surface area (TPSA) is 37.3 Å². The summed E-state index contributed by atoms with van der Waals surface area (Å²) < 4.78 is 0. The van der Waals surface area contributed by atoms with Crippen LogP contribution in [0.2, 0.25) is 0 Å². The molecule has 2 nitrogen and oxygen atoms in total. The standard InChI is InChI=1S/C16H16O2/c1-11-3-8-15(12(2)9-11)14-6-4-13(5-7-14)10-16(17)18/h3-9H,10H2,1-2H3,(H,17,18). The molecule has 0 radical (unpaired) electrons. The first-order valence-electron chi connectivity index (χ1n) is 5.94. The summed E-state index contributed by atoms with van der Waals surface area (Å²) in [5, 5.41) is 8.73. The Bertz CT molecular complexity index is 568. The predicted octanol–water partition coefficient (Wildman–Crippen LogP) is 3.60. The van der Waals surface area contributed by atoms with Gasteiger partial charge in [-0.25, -0.2) is 0 Å². The van der Waals surface area contributed by atoms with Gasteiger partial charge < -0.3 is 5.11 Å². The van der Waals surface area contributed by atoms with Crippen LogP contribution in [0.4, 0.5) is 0 Å². The average molecular weight is 240 g/mol. The van der Waals surface area contributed by atoms with Gasteiger partial charge in [0.2, 0.25) is 0 Å². The molecule has 2 heteroatoms. The zero-order chi connectivity index (χ0) is 13.1. The maximum atomic E-state index is 10.6. The lowest BCUT2D eigenvalue weighted by Gasteiger charge is -2.08. The van der Waals surface area contributed by atoms with Crippen LogP contribution in [0, 0.1) is 13.8 Å². The molecule has 92 valence electrons. The number of hydrogen-bond acceptors (Lipinski definition) is 1. The van der Waals surface area contributed by atoms with Crippen molar-refractivity contribution >= 4 is 5.97 Å². The molecule has 0 heterocycles. The molecule has 0 unspecified atom stereocenters. The number of carboxylic acids is 1. The van der Waals surface area contributed by atoms with E-state index in [2.05, 4.69) is 32.0 Å². The molecule has 18 heavy (non-hydrogen) atoms. The maximum Gasteiger partial charge on any atom is 0.307 e. The summed E-state index contributed by atoms with van der Waals surface area (Å²) in [7, 11) is 0. The molecular formula is C16H16O2. The lowest BCUT2D eigenvalue weighted by Crippen LogP contribution is -1.99. The van der Waals surface area contributed by atoms with Crippen molar-refractivity contribution in [2.24, 2.45) is 0 Å². The van der Waals surface area contributed by atoms with E-state index in [0.717, 1.165) is 11.1 Å². The first-order chi connectivity index (χ1) is 8.56. The minimum Gasteiger partial charge on any atom is -0.481 e. The fraction of sp³-hybridized carbons (Fsp3) is 0.188. The van der Waals surface area contributed by atoms with Crippen molar-refractivity contribution in [3.05, 3.63) is 59.2 Å².